The fourth-order valence-electron chi connectivity index (χ4n) is 2.55. The van der Waals surface area contributed by atoms with Crippen molar-refractivity contribution in [1.82, 2.24) is 0 Å². The van der Waals surface area contributed by atoms with E-state index in [0.29, 0.717) is 11.3 Å². The third-order valence-electron chi connectivity index (χ3n) is 3.94. The average Bonchev–Trinajstić information content (AvgIpc) is 2.57. The van der Waals surface area contributed by atoms with Gasteiger partial charge in [-0.3, -0.25) is 4.79 Å². The molecule has 0 bridgehead atoms. The Morgan fingerprint density at radius 1 is 1.04 bits per heavy atom. The topological polar surface area (TPSA) is 60.4 Å². The van der Waals surface area contributed by atoms with Crippen LogP contribution >= 0.6 is 0 Å². The summed E-state index contributed by atoms with van der Waals surface area (Å²) in [6, 6.07) is 13.2. The maximum Gasteiger partial charge on any atom is 0.192 e. The fraction of sp³-hybridized carbons (Fsp3) is 0.316. The van der Waals surface area contributed by atoms with E-state index in [2.05, 4.69) is 0 Å². The van der Waals surface area contributed by atoms with Crippen molar-refractivity contribution in [2.75, 3.05) is 7.11 Å². The Bertz CT molecular complexity index is 824. The Kier molecular flexibility index (Phi) is 5.44. The van der Waals surface area contributed by atoms with E-state index in [1.165, 1.54) is 19.2 Å². The van der Waals surface area contributed by atoms with E-state index < -0.39 is 21.0 Å². The van der Waals surface area contributed by atoms with Gasteiger partial charge in [0.05, 0.1) is 12.0 Å². The SMILES string of the molecule is COc1cc(C(C(=O)C(C)C)S(=O)(=O)c2ccccc2)ccc1C. The first-order valence-corrected chi connectivity index (χ1v) is 9.31. The lowest BCUT2D eigenvalue weighted by Gasteiger charge is -2.20. The third-order valence-corrected chi connectivity index (χ3v) is 6.00. The lowest BCUT2D eigenvalue weighted by molar-refractivity contribution is -0.121. The molecule has 2 rings (SSSR count). The number of rotatable bonds is 6. The molecule has 0 spiro atoms. The van der Waals surface area contributed by atoms with Crippen molar-refractivity contribution in [3.63, 3.8) is 0 Å². The first-order valence-electron chi connectivity index (χ1n) is 7.76. The summed E-state index contributed by atoms with van der Waals surface area (Å²) < 4.78 is 31.5. The molecule has 0 aromatic heterocycles. The van der Waals surface area contributed by atoms with Gasteiger partial charge in [-0.25, -0.2) is 8.42 Å². The van der Waals surface area contributed by atoms with Crippen LogP contribution in [0.15, 0.2) is 53.4 Å². The molecule has 0 saturated carbocycles. The quantitative estimate of drug-likeness (QED) is 0.799. The molecule has 4 nitrogen and oxygen atoms in total. The van der Waals surface area contributed by atoms with Gasteiger partial charge in [-0.15, -0.1) is 0 Å². The molecular weight excluding hydrogens is 324 g/mol. The summed E-state index contributed by atoms with van der Waals surface area (Å²) in [5.74, 6) is -0.164. The minimum atomic E-state index is -3.84. The van der Waals surface area contributed by atoms with E-state index >= 15 is 0 Å². The molecule has 5 heteroatoms. The van der Waals surface area contributed by atoms with Crippen molar-refractivity contribution < 1.29 is 17.9 Å². The van der Waals surface area contributed by atoms with Gasteiger partial charge in [0.2, 0.25) is 0 Å². The van der Waals surface area contributed by atoms with Crippen LogP contribution in [-0.4, -0.2) is 21.3 Å². The zero-order chi connectivity index (χ0) is 17.9. The molecule has 1 unspecified atom stereocenters. The van der Waals surface area contributed by atoms with Crippen LogP contribution in [0.4, 0.5) is 0 Å². The van der Waals surface area contributed by atoms with E-state index in [-0.39, 0.29) is 10.7 Å². The molecule has 2 aromatic rings. The molecule has 128 valence electrons. The number of ether oxygens (including phenoxy) is 1. The second kappa shape index (κ2) is 7.18. The Labute approximate surface area is 143 Å². The molecule has 0 heterocycles. The number of Topliss-reactive ketones (excluding diaryl/α,β-unsaturated/α-hetero) is 1. The summed E-state index contributed by atoms with van der Waals surface area (Å²) in [5.41, 5.74) is 1.31. The van der Waals surface area contributed by atoms with E-state index in [9.17, 15) is 13.2 Å². The fourth-order valence-corrected chi connectivity index (χ4v) is 4.44. The highest BCUT2D eigenvalue weighted by Gasteiger charge is 2.36. The van der Waals surface area contributed by atoms with Gasteiger partial charge in [0.25, 0.3) is 0 Å². The minimum Gasteiger partial charge on any atom is -0.496 e. The molecule has 2 aromatic carbocycles. The second-order valence-corrected chi connectivity index (χ2v) is 8.06. The number of carbonyl (C=O) groups excluding carboxylic acids is 1. The summed E-state index contributed by atoms with van der Waals surface area (Å²) in [6.07, 6.45) is 0. The molecule has 1 atom stereocenters. The standard InChI is InChI=1S/C19H22O4S/c1-13(2)18(20)19(15-11-10-14(3)17(12-15)23-4)24(21,22)16-8-6-5-7-9-16/h5-13,19H,1-4H3. The van der Waals surface area contributed by atoms with Gasteiger partial charge < -0.3 is 4.74 Å². The van der Waals surface area contributed by atoms with E-state index in [0.717, 1.165) is 5.56 Å². The Morgan fingerprint density at radius 2 is 1.67 bits per heavy atom. The molecule has 0 fully saturated rings. The summed E-state index contributed by atoms with van der Waals surface area (Å²) >= 11 is 0. The van der Waals surface area contributed by atoms with E-state index in [4.69, 9.17) is 4.74 Å². The number of methoxy groups -OCH3 is 1. The molecule has 0 aliphatic rings. The van der Waals surface area contributed by atoms with Crippen LogP contribution in [0.25, 0.3) is 0 Å². The van der Waals surface area contributed by atoms with Gasteiger partial charge in [0.1, 0.15) is 11.0 Å². The largest absolute Gasteiger partial charge is 0.496 e. The predicted octanol–water partition coefficient (Wildman–Crippen LogP) is 3.74. The van der Waals surface area contributed by atoms with Gasteiger partial charge in [0.15, 0.2) is 15.6 Å². The van der Waals surface area contributed by atoms with Crippen LogP contribution in [0.5, 0.6) is 5.75 Å². The average molecular weight is 346 g/mol. The van der Waals surface area contributed by atoms with Crippen molar-refractivity contribution in [3.05, 3.63) is 59.7 Å². The summed E-state index contributed by atoms with van der Waals surface area (Å²) in [4.78, 5) is 12.9. The third kappa shape index (κ3) is 3.51. The van der Waals surface area contributed by atoms with Crippen LogP contribution in [0.1, 0.15) is 30.2 Å². The normalized spacial score (nSPS) is 12.9. The molecule has 24 heavy (non-hydrogen) atoms. The molecule has 0 saturated heterocycles. The van der Waals surface area contributed by atoms with E-state index in [1.54, 1.807) is 50.2 Å². The number of benzene rings is 2. The van der Waals surface area contributed by atoms with Crippen molar-refractivity contribution in [2.24, 2.45) is 5.92 Å². The van der Waals surface area contributed by atoms with Crippen LogP contribution in [0, 0.1) is 12.8 Å². The zero-order valence-electron chi connectivity index (χ0n) is 14.3. The summed E-state index contributed by atoms with van der Waals surface area (Å²) in [7, 11) is -2.32. The number of ketones is 1. The smallest absolute Gasteiger partial charge is 0.192 e. The van der Waals surface area contributed by atoms with Crippen molar-refractivity contribution in [3.8, 4) is 5.75 Å². The van der Waals surface area contributed by atoms with Crippen LogP contribution in [-0.2, 0) is 14.6 Å². The predicted molar refractivity (Wildman–Crippen MR) is 93.9 cm³/mol. The lowest BCUT2D eigenvalue weighted by atomic mass is 9.99. The van der Waals surface area contributed by atoms with Crippen LogP contribution in [0.3, 0.4) is 0 Å². The number of carbonyl (C=O) groups is 1. The maximum absolute atomic E-state index is 13.1. The minimum absolute atomic E-state index is 0.142. The summed E-state index contributed by atoms with van der Waals surface area (Å²) in [5, 5.41) is -1.24. The Balaban J connectivity index is 2.65. The van der Waals surface area contributed by atoms with Crippen LogP contribution < -0.4 is 4.74 Å². The number of sulfone groups is 1. The molecule has 0 amide bonds. The van der Waals surface area contributed by atoms with Crippen molar-refractivity contribution in [1.29, 1.82) is 0 Å². The first kappa shape index (κ1) is 18.2. The monoisotopic (exact) mass is 346 g/mol. The highest BCUT2D eigenvalue weighted by Crippen LogP contribution is 2.34. The second-order valence-electron chi connectivity index (χ2n) is 6.02. The van der Waals surface area contributed by atoms with Gasteiger partial charge in [-0.2, -0.15) is 0 Å². The number of hydrogen-bond acceptors (Lipinski definition) is 4. The van der Waals surface area contributed by atoms with Gasteiger partial charge in [0, 0.05) is 5.92 Å². The van der Waals surface area contributed by atoms with Crippen molar-refractivity contribution in [2.45, 2.75) is 30.9 Å². The first-order chi connectivity index (χ1) is 11.3. The highest BCUT2D eigenvalue weighted by atomic mass is 32.2. The Hall–Kier alpha value is -2.14. The van der Waals surface area contributed by atoms with Gasteiger partial charge in [-0.05, 0) is 36.2 Å². The molecule has 0 aliphatic heterocycles. The molecular formula is C19H22O4S. The maximum atomic E-state index is 13.1. The molecule has 0 radical (unpaired) electrons. The number of hydrogen-bond donors (Lipinski definition) is 0. The van der Waals surface area contributed by atoms with Crippen LogP contribution in [0.2, 0.25) is 0 Å². The lowest BCUT2D eigenvalue weighted by Crippen LogP contribution is -2.26. The van der Waals surface area contributed by atoms with Gasteiger partial charge >= 0.3 is 0 Å². The van der Waals surface area contributed by atoms with Gasteiger partial charge in [-0.1, -0.05) is 44.2 Å². The number of aryl methyl sites for hydroxylation is 1. The summed E-state index contributed by atoms with van der Waals surface area (Å²) in [6.45, 7) is 5.29. The Morgan fingerprint density at radius 3 is 2.21 bits per heavy atom. The van der Waals surface area contributed by atoms with E-state index in [1.807, 2.05) is 6.92 Å². The molecule has 0 N–H and O–H groups in total. The van der Waals surface area contributed by atoms with Crippen molar-refractivity contribution >= 4 is 15.6 Å². The highest BCUT2D eigenvalue weighted by molar-refractivity contribution is 7.92. The molecule has 0 aliphatic carbocycles. The zero-order valence-corrected chi connectivity index (χ0v) is 15.1.